The molecule has 0 saturated carbocycles. The standard InChI is InChI=1S/C19H38N4O3/c1-16(25-18(2,3)4)14-21-8-9-22(11-13-23(20)12-10-21)15-17(24)26-19(5,6)7/h1,8-15,20H2,2-7H3. The van der Waals surface area contributed by atoms with E-state index in [0.717, 1.165) is 45.0 Å². The summed E-state index contributed by atoms with van der Waals surface area (Å²) in [4.78, 5) is 16.5. The van der Waals surface area contributed by atoms with E-state index in [1.54, 1.807) is 5.01 Å². The highest BCUT2D eigenvalue weighted by Gasteiger charge is 2.22. The number of hydrazine groups is 1. The van der Waals surface area contributed by atoms with Gasteiger partial charge in [0.25, 0.3) is 0 Å². The quantitative estimate of drug-likeness (QED) is 0.446. The van der Waals surface area contributed by atoms with Crippen molar-refractivity contribution in [2.75, 3.05) is 52.4 Å². The molecule has 1 aliphatic rings. The maximum Gasteiger partial charge on any atom is 0.320 e. The Bertz CT molecular complexity index is 426. The zero-order valence-electron chi connectivity index (χ0n) is 17.5. The molecule has 0 amide bonds. The highest BCUT2D eigenvalue weighted by Crippen LogP contribution is 2.13. The second kappa shape index (κ2) is 9.69. The van der Waals surface area contributed by atoms with Gasteiger partial charge >= 0.3 is 5.97 Å². The van der Waals surface area contributed by atoms with Crippen LogP contribution in [-0.2, 0) is 14.3 Å². The molecule has 26 heavy (non-hydrogen) atoms. The molecule has 0 aromatic heterocycles. The van der Waals surface area contributed by atoms with Crippen LogP contribution in [0, 0.1) is 0 Å². The molecule has 0 bridgehead atoms. The number of nitrogens with zero attached hydrogens (tertiary/aromatic N) is 3. The van der Waals surface area contributed by atoms with Crippen LogP contribution in [0.25, 0.3) is 0 Å². The van der Waals surface area contributed by atoms with Gasteiger partial charge in [0.1, 0.15) is 17.0 Å². The highest BCUT2D eigenvalue weighted by molar-refractivity contribution is 5.72. The number of esters is 1. The zero-order valence-corrected chi connectivity index (χ0v) is 17.5. The molecule has 0 radical (unpaired) electrons. The molecule has 2 N–H and O–H groups in total. The molecule has 152 valence electrons. The molecule has 0 aromatic rings. The predicted molar refractivity (Wildman–Crippen MR) is 104 cm³/mol. The van der Waals surface area contributed by atoms with Gasteiger partial charge in [-0.15, -0.1) is 0 Å². The smallest absolute Gasteiger partial charge is 0.320 e. The first-order valence-corrected chi connectivity index (χ1v) is 9.37. The summed E-state index contributed by atoms with van der Waals surface area (Å²) in [6.07, 6.45) is 0. The second-order valence-electron chi connectivity index (χ2n) is 8.93. The van der Waals surface area contributed by atoms with Gasteiger partial charge in [-0.3, -0.25) is 20.4 Å². The Balaban J connectivity index is 2.62. The van der Waals surface area contributed by atoms with Gasteiger partial charge in [0, 0.05) is 39.3 Å². The first-order chi connectivity index (χ1) is 11.8. The van der Waals surface area contributed by atoms with Crippen LogP contribution >= 0.6 is 0 Å². The molecule has 0 spiro atoms. The molecular weight excluding hydrogens is 332 g/mol. The Morgan fingerprint density at radius 1 is 0.846 bits per heavy atom. The van der Waals surface area contributed by atoms with E-state index in [9.17, 15) is 4.79 Å². The first-order valence-electron chi connectivity index (χ1n) is 9.37. The van der Waals surface area contributed by atoms with E-state index >= 15 is 0 Å². The van der Waals surface area contributed by atoms with Crippen molar-refractivity contribution < 1.29 is 14.3 Å². The van der Waals surface area contributed by atoms with Crippen LogP contribution in [0.4, 0.5) is 0 Å². The fourth-order valence-corrected chi connectivity index (χ4v) is 2.75. The van der Waals surface area contributed by atoms with Crippen molar-refractivity contribution >= 4 is 5.97 Å². The molecule has 1 aliphatic heterocycles. The summed E-state index contributed by atoms with van der Waals surface area (Å²) in [5.41, 5.74) is -0.718. The molecule has 1 heterocycles. The minimum Gasteiger partial charge on any atom is -0.492 e. The average Bonchev–Trinajstić information content (AvgIpc) is 2.49. The summed E-state index contributed by atoms with van der Waals surface area (Å²) in [5.74, 6) is 6.62. The van der Waals surface area contributed by atoms with E-state index in [1.807, 2.05) is 41.5 Å². The van der Waals surface area contributed by atoms with Gasteiger partial charge in [0.05, 0.1) is 13.1 Å². The molecule has 1 rings (SSSR count). The Hall–Kier alpha value is -1.15. The van der Waals surface area contributed by atoms with Gasteiger partial charge in [-0.2, -0.15) is 0 Å². The molecule has 0 aromatic carbocycles. The van der Waals surface area contributed by atoms with E-state index in [0.29, 0.717) is 6.54 Å². The third-order valence-electron chi connectivity index (χ3n) is 3.76. The molecule has 7 nitrogen and oxygen atoms in total. The topological polar surface area (TPSA) is 71.3 Å². The van der Waals surface area contributed by atoms with Crippen LogP contribution in [-0.4, -0.2) is 84.3 Å². The summed E-state index contributed by atoms with van der Waals surface area (Å²) in [6, 6.07) is 0. The van der Waals surface area contributed by atoms with Crippen molar-refractivity contribution in [3.05, 3.63) is 12.3 Å². The minimum absolute atomic E-state index is 0.202. The van der Waals surface area contributed by atoms with E-state index in [2.05, 4.69) is 16.4 Å². The lowest BCUT2D eigenvalue weighted by atomic mass is 10.2. The third-order valence-corrected chi connectivity index (χ3v) is 3.76. The largest absolute Gasteiger partial charge is 0.492 e. The lowest BCUT2D eigenvalue weighted by Crippen LogP contribution is -2.42. The first kappa shape index (κ1) is 22.9. The summed E-state index contributed by atoms with van der Waals surface area (Å²) >= 11 is 0. The van der Waals surface area contributed by atoms with E-state index in [4.69, 9.17) is 15.3 Å². The SMILES string of the molecule is C=C(CN1CCN(N)CCN(CC(=O)OC(C)(C)C)CC1)OC(C)(C)C. The second-order valence-corrected chi connectivity index (χ2v) is 8.93. The van der Waals surface area contributed by atoms with Crippen molar-refractivity contribution in [2.45, 2.75) is 52.7 Å². The molecule has 1 fully saturated rings. The lowest BCUT2D eigenvalue weighted by molar-refractivity contribution is -0.156. The maximum absolute atomic E-state index is 12.2. The van der Waals surface area contributed by atoms with Crippen molar-refractivity contribution in [2.24, 2.45) is 5.84 Å². The Kier molecular flexibility index (Phi) is 8.53. The summed E-state index contributed by atoms with van der Waals surface area (Å²) in [5, 5.41) is 1.80. The number of hydrogen-bond donors (Lipinski definition) is 1. The summed E-state index contributed by atoms with van der Waals surface area (Å²) in [6.45, 7) is 21.3. The summed E-state index contributed by atoms with van der Waals surface area (Å²) < 4.78 is 11.3. The molecule has 0 unspecified atom stereocenters. The van der Waals surface area contributed by atoms with Crippen molar-refractivity contribution in [3.8, 4) is 0 Å². The normalized spacial score (nSPS) is 19.3. The van der Waals surface area contributed by atoms with Crippen LogP contribution in [0.1, 0.15) is 41.5 Å². The Morgan fingerprint density at radius 3 is 1.73 bits per heavy atom. The average molecular weight is 371 g/mol. The van der Waals surface area contributed by atoms with Crippen molar-refractivity contribution in [1.29, 1.82) is 0 Å². The number of nitrogens with two attached hydrogens (primary N) is 1. The molecular formula is C19H38N4O3. The highest BCUT2D eigenvalue weighted by atomic mass is 16.6. The fourth-order valence-electron chi connectivity index (χ4n) is 2.75. The van der Waals surface area contributed by atoms with Crippen LogP contribution in [0.5, 0.6) is 0 Å². The predicted octanol–water partition coefficient (Wildman–Crippen LogP) is 1.45. The third kappa shape index (κ3) is 10.8. The van der Waals surface area contributed by atoms with E-state index in [-0.39, 0.29) is 18.1 Å². The van der Waals surface area contributed by atoms with E-state index < -0.39 is 5.60 Å². The number of rotatable bonds is 5. The van der Waals surface area contributed by atoms with Gasteiger partial charge < -0.3 is 9.47 Å². The number of ether oxygens (including phenoxy) is 2. The Morgan fingerprint density at radius 2 is 1.27 bits per heavy atom. The van der Waals surface area contributed by atoms with E-state index in [1.165, 1.54) is 0 Å². The van der Waals surface area contributed by atoms with Crippen molar-refractivity contribution in [3.63, 3.8) is 0 Å². The number of carbonyl (C=O) groups is 1. The van der Waals surface area contributed by atoms with Crippen molar-refractivity contribution in [1.82, 2.24) is 14.8 Å². The molecule has 7 heteroatoms. The van der Waals surface area contributed by atoms with Crippen LogP contribution < -0.4 is 5.84 Å². The zero-order chi connectivity index (χ0) is 20.0. The molecule has 0 aliphatic carbocycles. The van der Waals surface area contributed by atoms with Crippen LogP contribution in [0.3, 0.4) is 0 Å². The molecule has 0 atom stereocenters. The maximum atomic E-state index is 12.2. The lowest BCUT2D eigenvalue weighted by Gasteiger charge is -2.29. The minimum atomic E-state index is -0.468. The summed E-state index contributed by atoms with van der Waals surface area (Å²) in [7, 11) is 0. The van der Waals surface area contributed by atoms with Crippen LogP contribution in [0.15, 0.2) is 12.3 Å². The monoisotopic (exact) mass is 370 g/mol. The number of carbonyl (C=O) groups excluding carboxylic acids is 1. The van der Waals surface area contributed by atoms with Gasteiger partial charge in [-0.1, -0.05) is 6.58 Å². The Labute approximate surface area is 159 Å². The fraction of sp³-hybridized carbons (Fsp3) is 0.842. The number of hydrogen-bond acceptors (Lipinski definition) is 7. The van der Waals surface area contributed by atoms with Gasteiger partial charge in [0.2, 0.25) is 0 Å². The van der Waals surface area contributed by atoms with Crippen LogP contribution in [0.2, 0.25) is 0 Å². The van der Waals surface area contributed by atoms with Gasteiger partial charge in [0.15, 0.2) is 0 Å². The van der Waals surface area contributed by atoms with Gasteiger partial charge in [-0.25, -0.2) is 5.01 Å². The van der Waals surface area contributed by atoms with Gasteiger partial charge in [-0.05, 0) is 41.5 Å². The molecule has 1 saturated heterocycles.